The monoisotopic (exact) mass is 251 g/mol. The van der Waals surface area contributed by atoms with Crippen molar-refractivity contribution in [3.63, 3.8) is 0 Å². The number of fused-ring (bicyclic) bond motifs is 1. The largest absolute Gasteiger partial charge is 0.299 e. The topological polar surface area (TPSA) is 73.3 Å². The molecule has 1 atom stereocenters. The van der Waals surface area contributed by atoms with Gasteiger partial charge in [0, 0.05) is 6.54 Å². The van der Waals surface area contributed by atoms with Crippen LogP contribution in [0, 0.1) is 4.78 Å². The normalized spacial score (nSPS) is 27.4. The lowest BCUT2D eigenvalue weighted by atomic mass is 10.1. The number of nitrogens with zero attached hydrogens (tertiary/aromatic N) is 1. The number of hydrogen-bond acceptors (Lipinski definition) is 4. The summed E-state index contributed by atoms with van der Waals surface area (Å²) in [6, 6.07) is 5.26. The van der Waals surface area contributed by atoms with Gasteiger partial charge in [-0.25, -0.2) is 8.99 Å². The van der Waals surface area contributed by atoms with Gasteiger partial charge in [-0.15, -0.1) is 0 Å². The third kappa shape index (κ3) is 1.73. The zero-order valence-electron chi connectivity index (χ0n) is 9.23. The number of benzene rings is 1. The molecule has 2 aliphatic heterocycles. The van der Waals surface area contributed by atoms with Gasteiger partial charge in [0.1, 0.15) is 0 Å². The van der Waals surface area contributed by atoms with E-state index in [2.05, 4.69) is 9.62 Å². The lowest BCUT2D eigenvalue weighted by Gasteiger charge is -2.30. The fraction of sp³-hybridized carbons (Fsp3) is 0.364. The summed E-state index contributed by atoms with van der Waals surface area (Å²) in [7, 11) is -3.12. The third-order valence-corrected chi connectivity index (χ3v) is 4.62. The van der Waals surface area contributed by atoms with Crippen molar-refractivity contribution >= 4 is 15.8 Å². The van der Waals surface area contributed by atoms with E-state index in [1.165, 1.54) is 6.42 Å². The fourth-order valence-corrected chi connectivity index (χ4v) is 3.40. The first kappa shape index (κ1) is 10.7. The maximum absolute atomic E-state index is 11.9. The molecule has 17 heavy (non-hydrogen) atoms. The van der Waals surface area contributed by atoms with Crippen LogP contribution in [-0.2, 0) is 16.5 Å². The summed E-state index contributed by atoms with van der Waals surface area (Å²) in [6.07, 6.45) is 1.22. The average molecular weight is 251 g/mol. The molecule has 1 saturated heterocycles. The van der Waals surface area contributed by atoms with Crippen LogP contribution in [0.25, 0.3) is 0 Å². The molecule has 2 N–H and O–H groups in total. The molecule has 1 amide bonds. The Morgan fingerprint density at radius 2 is 2.18 bits per heavy atom. The van der Waals surface area contributed by atoms with Crippen LogP contribution in [0.1, 0.15) is 22.3 Å². The zero-order valence-corrected chi connectivity index (χ0v) is 10.0. The molecule has 1 aromatic rings. The zero-order chi connectivity index (χ0) is 12.0. The van der Waals surface area contributed by atoms with Crippen LogP contribution in [0.2, 0.25) is 0 Å². The number of carbonyl (C=O) groups is 1. The molecule has 0 radical (unpaired) electrons. The first-order valence-corrected chi connectivity index (χ1v) is 7.08. The number of likely N-dealkylation sites (tertiary alicyclic amines) is 1. The van der Waals surface area contributed by atoms with Crippen molar-refractivity contribution in [1.29, 1.82) is 4.78 Å². The van der Waals surface area contributed by atoms with E-state index in [0.717, 1.165) is 25.2 Å². The molecular weight excluding hydrogens is 238 g/mol. The van der Waals surface area contributed by atoms with Crippen molar-refractivity contribution < 1.29 is 9.00 Å². The van der Waals surface area contributed by atoms with Crippen LogP contribution < -0.4 is 4.72 Å². The van der Waals surface area contributed by atoms with Crippen LogP contribution in [0.15, 0.2) is 23.1 Å². The van der Waals surface area contributed by atoms with Crippen LogP contribution in [0.4, 0.5) is 0 Å². The predicted molar refractivity (Wildman–Crippen MR) is 62.9 cm³/mol. The molecule has 5 nitrogen and oxygen atoms in total. The highest BCUT2D eigenvalue weighted by Gasteiger charge is 2.29. The van der Waals surface area contributed by atoms with Gasteiger partial charge in [0.05, 0.1) is 10.5 Å². The number of nitrogens with one attached hydrogen (secondary N) is 2. The second-order valence-electron chi connectivity index (χ2n) is 4.45. The van der Waals surface area contributed by atoms with Gasteiger partial charge in [-0.05, 0) is 37.2 Å². The van der Waals surface area contributed by atoms with E-state index < -0.39 is 15.8 Å². The van der Waals surface area contributed by atoms with Crippen molar-refractivity contribution in [3.8, 4) is 0 Å². The maximum Gasteiger partial charge on any atom is 0.265 e. The Balaban J connectivity index is 1.98. The molecule has 0 spiro atoms. The van der Waals surface area contributed by atoms with Gasteiger partial charge in [0.2, 0.25) is 0 Å². The molecule has 0 bridgehead atoms. The summed E-state index contributed by atoms with van der Waals surface area (Å²) in [6.45, 7) is 2.98. The highest BCUT2D eigenvalue weighted by molar-refractivity contribution is 7.91. The Morgan fingerprint density at radius 1 is 1.41 bits per heavy atom. The molecule has 1 unspecified atom stereocenters. The lowest BCUT2D eigenvalue weighted by Crippen LogP contribution is -2.36. The summed E-state index contributed by atoms with van der Waals surface area (Å²) in [5, 5.41) is 0. The molecular formula is C11H13N3O2S. The second-order valence-corrected chi connectivity index (χ2v) is 6.20. The van der Waals surface area contributed by atoms with E-state index in [-0.39, 0.29) is 0 Å². The predicted octanol–water partition coefficient (Wildman–Crippen LogP) is 0.956. The van der Waals surface area contributed by atoms with Gasteiger partial charge in [0.15, 0.2) is 9.92 Å². The maximum atomic E-state index is 11.9. The molecule has 2 aliphatic rings. The molecule has 1 aromatic carbocycles. The number of rotatable bonds is 2. The van der Waals surface area contributed by atoms with Gasteiger partial charge in [0.25, 0.3) is 5.91 Å². The molecule has 1 fully saturated rings. The molecule has 0 saturated carbocycles. The van der Waals surface area contributed by atoms with E-state index >= 15 is 0 Å². The number of amides is 1. The van der Waals surface area contributed by atoms with Crippen molar-refractivity contribution in [3.05, 3.63) is 29.3 Å². The summed E-state index contributed by atoms with van der Waals surface area (Å²) in [4.78, 5) is 14.1. The Morgan fingerprint density at radius 3 is 2.82 bits per heavy atom. The highest BCUT2D eigenvalue weighted by Crippen LogP contribution is 2.25. The Bertz CT molecular complexity index is 591. The molecule has 0 aliphatic carbocycles. The highest BCUT2D eigenvalue weighted by atomic mass is 32.2. The van der Waals surface area contributed by atoms with Crippen LogP contribution >= 0.6 is 0 Å². The Hall–Kier alpha value is -1.40. The molecule has 0 aromatic heterocycles. The lowest BCUT2D eigenvalue weighted by molar-refractivity contribution is 0.0985. The summed E-state index contributed by atoms with van der Waals surface area (Å²) in [5.74, 6) is -0.407. The van der Waals surface area contributed by atoms with Crippen molar-refractivity contribution in [2.75, 3.05) is 13.1 Å². The standard InChI is InChI=1S/C11H13N3O2S/c12-17(16)10-6-8(7-14-4-1-5-14)2-3-9(10)11(15)13-17/h2-3,6H,1,4-5,7H2,(H2,12,13,15,16). The summed E-state index contributed by atoms with van der Waals surface area (Å²) in [5.41, 5.74) is 1.39. The van der Waals surface area contributed by atoms with Gasteiger partial charge in [-0.1, -0.05) is 6.07 Å². The minimum absolute atomic E-state index is 0.334. The molecule has 3 rings (SSSR count). The SMILES string of the molecule is N=S1(=O)NC(=O)c2ccc(CN3CCC3)cc21. The van der Waals surface area contributed by atoms with E-state index in [1.807, 2.05) is 6.07 Å². The minimum Gasteiger partial charge on any atom is -0.299 e. The van der Waals surface area contributed by atoms with E-state index in [1.54, 1.807) is 12.1 Å². The number of carbonyl (C=O) groups excluding carboxylic acids is 1. The minimum atomic E-state index is -3.12. The average Bonchev–Trinajstić information content (AvgIpc) is 2.44. The number of hydrogen-bond donors (Lipinski definition) is 2. The van der Waals surface area contributed by atoms with Crippen molar-refractivity contribution in [2.45, 2.75) is 17.9 Å². The third-order valence-electron chi connectivity index (χ3n) is 3.19. The van der Waals surface area contributed by atoms with Gasteiger partial charge >= 0.3 is 0 Å². The van der Waals surface area contributed by atoms with Crippen molar-refractivity contribution in [2.24, 2.45) is 0 Å². The first-order chi connectivity index (χ1) is 8.06. The van der Waals surface area contributed by atoms with Crippen LogP contribution in [-0.4, -0.2) is 28.1 Å². The molecule has 90 valence electrons. The van der Waals surface area contributed by atoms with Gasteiger partial charge in [-0.2, -0.15) is 0 Å². The van der Waals surface area contributed by atoms with Crippen LogP contribution in [0.3, 0.4) is 0 Å². The molecule has 6 heteroatoms. The summed E-state index contributed by atoms with van der Waals surface area (Å²) >= 11 is 0. The van der Waals surface area contributed by atoms with E-state index in [9.17, 15) is 9.00 Å². The first-order valence-electron chi connectivity index (χ1n) is 5.52. The van der Waals surface area contributed by atoms with Gasteiger partial charge < -0.3 is 0 Å². The van der Waals surface area contributed by atoms with E-state index in [0.29, 0.717) is 10.5 Å². The van der Waals surface area contributed by atoms with Crippen molar-refractivity contribution in [1.82, 2.24) is 9.62 Å². The quantitative estimate of drug-likeness (QED) is 0.822. The van der Waals surface area contributed by atoms with Gasteiger partial charge in [-0.3, -0.25) is 14.4 Å². The van der Waals surface area contributed by atoms with Crippen LogP contribution in [0.5, 0.6) is 0 Å². The summed E-state index contributed by atoms with van der Waals surface area (Å²) < 4.78 is 21.7. The Kier molecular flexibility index (Phi) is 2.24. The second kappa shape index (κ2) is 3.54. The molecule has 2 heterocycles. The van der Waals surface area contributed by atoms with E-state index in [4.69, 9.17) is 4.78 Å². The fourth-order valence-electron chi connectivity index (χ4n) is 2.13. The smallest absolute Gasteiger partial charge is 0.265 e. The Labute approximate surface area is 99.9 Å².